The second-order valence-corrected chi connectivity index (χ2v) is 3.96. The normalized spacial score (nSPS) is 14.0. The first kappa shape index (κ1) is 10.9. The fourth-order valence-corrected chi connectivity index (χ4v) is 1.09. The second kappa shape index (κ2) is 3.94. The smallest absolute Gasteiger partial charge is 0.123 e. The number of nitrogen functional groups attached to an aromatic ring is 1. The molecule has 1 aromatic heterocycles. The summed E-state index contributed by atoms with van der Waals surface area (Å²) in [4.78, 5) is 3.84. The molecule has 4 heteroatoms. The van der Waals surface area contributed by atoms with Gasteiger partial charge in [-0.3, -0.25) is 0 Å². The third-order valence-corrected chi connectivity index (χ3v) is 2.09. The number of aliphatic hydroxyl groups is 2. The van der Waals surface area contributed by atoms with Crippen LogP contribution in [-0.4, -0.2) is 26.9 Å². The Morgan fingerprint density at radius 1 is 1.57 bits per heavy atom. The van der Waals surface area contributed by atoms with Crippen molar-refractivity contribution in [2.24, 2.45) is 0 Å². The molecule has 4 N–H and O–H groups in total. The molecule has 4 nitrogen and oxygen atoms in total. The highest BCUT2D eigenvalue weighted by Gasteiger charge is 2.24. The molecule has 0 saturated carbocycles. The predicted octanol–water partition coefficient (Wildman–Crippen LogP) is 0.338. The van der Waals surface area contributed by atoms with Crippen LogP contribution in [0.3, 0.4) is 0 Å². The Morgan fingerprint density at radius 2 is 2.21 bits per heavy atom. The summed E-state index contributed by atoms with van der Waals surface area (Å²) in [5, 5.41) is 19.1. The summed E-state index contributed by atoms with van der Waals surface area (Å²) in [6.07, 6.45) is 1.15. The fourth-order valence-electron chi connectivity index (χ4n) is 1.09. The van der Waals surface area contributed by atoms with Gasteiger partial charge in [-0.05, 0) is 31.5 Å². The molecule has 14 heavy (non-hydrogen) atoms. The van der Waals surface area contributed by atoms with Crippen LogP contribution >= 0.6 is 0 Å². The van der Waals surface area contributed by atoms with Gasteiger partial charge in [0.15, 0.2) is 0 Å². The zero-order chi connectivity index (χ0) is 10.8. The molecule has 1 heterocycles. The van der Waals surface area contributed by atoms with Crippen LogP contribution in [0.1, 0.15) is 19.4 Å². The molecule has 0 amide bonds. The van der Waals surface area contributed by atoms with Gasteiger partial charge in [0.25, 0.3) is 0 Å². The Bertz CT molecular complexity index is 307. The van der Waals surface area contributed by atoms with E-state index in [1.54, 1.807) is 32.2 Å². The molecule has 0 radical (unpaired) electrons. The molecule has 0 aliphatic rings. The molecule has 1 unspecified atom stereocenters. The average Bonchev–Trinajstić information content (AvgIpc) is 2.02. The monoisotopic (exact) mass is 196 g/mol. The van der Waals surface area contributed by atoms with Crippen molar-refractivity contribution < 1.29 is 10.2 Å². The van der Waals surface area contributed by atoms with Gasteiger partial charge in [-0.2, -0.15) is 0 Å². The summed E-state index contributed by atoms with van der Waals surface area (Å²) in [5.41, 5.74) is 5.26. The third-order valence-electron chi connectivity index (χ3n) is 2.09. The molecule has 0 aliphatic heterocycles. The van der Waals surface area contributed by atoms with Gasteiger partial charge in [-0.25, -0.2) is 4.98 Å². The number of rotatable bonds is 3. The molecular weight excluding hydrogens is 180 g/mol. The maximum absolute atomic E-state index is 9.62. The minimum Gasteiger partial charge on any atom is -0.390 e. The molecule has 0 spiro atoms. The van der Waals surface area contributed by atoms with E-state index in [2.05, 4.69) is 4.98 Å². The topological polar surface area (TPSA) is 79.4 Å². The van der Waals surface area contributed by atoms with Crippen molar-refractivity contribution in [3.63, 3.8) is 0 Å². The highest BCUT2D eigenvalue weighted by atomic mass is 16.3. The zero-order valence-corrected chi connectivity index (χ0v) is 8.44. The first-order chi connectivity index (χ1) is 6.39. The molecule has 0 fully saturated rings. The fraction of sp³-hybridized carbons (Fsp3) is 0.500. The number of aromatic nitrogens is 1. The Morgan fingerprint density at radius 3 is 2.71 bits per heavy atom. The van der Waals surface area contributed by atoms with Crippen LogP contribution in [0, 0.1) is 0 Å². The van der Waals surface area contributed by atoms with Gasteiger partial charge in [0.2, 0.25) is 0 Å². The Labute approximate surface area is 83.4 Å². The second-order valence-electron chi connectivity index (χ2n) is 3.96. The summed E-state index contributed by atoms with van der Waals surface area (Å²) >= 11 is 0. The predicted molar refractivity (Wildman–Crippen MR) is 54.7 cm³/mol. The zero-order valence-electron chi connectivity index (χ0n) is 8.44. The van der Waals surface area contributed by atoms with Crippen LogP contribution in [0.15, 0.2) is 18.3 Å². The highest BCUT2D eigenvalue weighted by molar-refractivity contribution is 5.32. The van der Waals surface area contributed by atoms with E-state index in [1.807, 2.05) is 0 Å². The van der Waals surface area contributed by atoms with Crippen LogP contribution in [0.5, 0.6) is 0 Å². The Hall–Kier alpha value is -1.13. The van der Waals surface area contributed by atoms with Gasteiger partial charge in [-0.15, -0.1) is 0 Å². The number of nitrogens with two attached hydrogens (primary N) is 1. The van der Waals surface area contributed by atoms with Gasteiger partial charge < -0.3 is 15.9 Å². The number of aliphatic hydroxyl groups excluding tert-OH is 1. The van der Waals surface area contributed by atoms with E-state index in [4.69, 9.17) is 5.73 Å². The van der Waals surface area contributed by atoms with Crippen molar-refractivity contribution in [3.8, 4) is 0 Å². The molecule has 1 atom stereocenters. The largest absolute Gasteiger partial charge is 0.390 e. The lowest BCUT2D eigenvalue weighted by atomic mass is 9.96. The summed E-state index contributed by atoms with van der Waals surface area (Å²) in [5.74, 6) is 0.422. The molecule has 0 bridgehead atoms. The minimum absolute atomic E-state index is 0.371. The molecule has 1 aromatic rings. The van der Waals surface area contributed by atoms with E-state index in [0.717, 1.165) is 5.56 Å². The lowest BCUT2D eigenvalue weighted by Crippen LogP contribution is -2.37. The molecule has 0 aromatic carbocycles. The van der Waals surface area contributed by atoms with E-state index in [9.17, 15) is 10.2 Å². The van der Waals surface area contributed by atoms with Crippen LogP contribution in [0.2, 0.25) is 0 Å². The third kappa shape index (κ3) is 2.97. The molecule has 0 aliphatic carbocycles. The first-order valence-corrected chi connectivity index (χ1v) is 4.50. The van der Waals surface area contributed by atoms with E-state index < -0.39 is 11.7 Å². The van der Waals surface area contributed by atoms with E-state index >= 15 is 0 Å². The summed E-state index contributed by atoms with van der Waals surface area (Å²) in [7, 11) is 0. The van der Waals surface area contributed by atoms with E-state index in [0.29, 0.717) is 12.2 Å². The number of hydrogen-bond donors (Lipinski definition) is 3. The van der Waals surface area contributed by atoms with Crippen molar-refractivity contribution >= 4 is 5.82 Å². The van der Waals surface area contributed by atoms with Crippen molar-refractivity contribution in [1.29, 1.82) is 0 Å². The van der Waals surface area contributed by atoms with Crippen LogP contribution in [0.4, 0.5) is 5.82 Å². The maximum Gasteiger partial charge on any atom is 0.123 e. The minimum atomic E-state index is -1.10. The number of hydrogen-bond acceptors (Lipinski definition) is 4. The Balaban J connectivity index is 2.70. The summed E-state index contributed by atoms with van der Waals surface area (Å²) in [6.45, 7) is 3.14. The van der Waals surface area contributed by atoms with E-state index in [1.165, 1.54) is 0 Å². The standard InChI is InChI=1S/C10H16N2O2/c1-10(2,14)8(13)5-7-3-4-12-9(11)6-7/h3-4,6,8,13-14H,5H2,1-2H3,(H2,11,12). The van der Waals surface area contributed by atoms with Crippen molar-refractivity contribution in [3.05, 3.63) is 23.9 Å². The lowest BCUT2D eigenvalue weighted by molar-refractivity contribution is -0.0469. The SMILES string of the molecule is CC(C)(O)C(O)Cc1ccnc(N)c1. The number of nitrogens with zero attached hydrogens (tertiary/aromatic N) is 1. The molecule has 0 saturated heterocycles. The van der Waals surface area contributed by atoms with Gasteiger partial charge in [0.1, 0.15) is 5.82 Å². The van der Waals surface area contributed by atoms with Crippen LogP contribution in [0.25, 0.3) is 0 Å². The summed E-state index contributed by atoms with van der Waals surface area (Å²) in [6, 6.07) is 3.46. The first-order valence-electron chi connectivity index (χ1n) is 4.50. The Kier molecular flexibility index (Phi) is 3.08. The quantitative estimate of drug-likeness (QED) is 0.651. The van der Waals surface area contributed by atoms with Gasteiger partial charge in [0, 0.05) is 12.6 Å². The van der Waals surface area contributed by atoms with Crippen LogP contribution < -0.4 is 5.73 Å². The highest BCUT2D eigenvalue weighted by Crippen LogP contribution is 2.14. The average molecular weight is 196 g/mol. The number of anilines is 1. The molecule has 78 valence electrons. The van der Waals surface area contributed by atoms with Gasteiger partial charge >= 0.3 is 0 Å². The van der Waals surface area contributed by atoms with Crippen molar-refractivity contribution in [1.82, 2.24) is 4.98 Å². The maximum atomic E-state index is 9.62. The van der Waals surface area contributed by atoms with E-state index in [-0.39, 0.29) is 0 Å². The van der Waals surface area contributed by atoms with Crippen LogP contribution in [-0.2, 0) is 6.42 Å². The molecular formula is C10H16N2O2. The number of pyridine rings is 1. The van der Waals surface area contributed by atoms with Crippen molar-refractivity contribution in [2.75, 3.05) is 5.73 Å². The van der Waals surface area contributed by atoms with Gasteiger partial charge in [-0.1, -0.05) is 0 Å². The lowest BCUT2D eigenvalue weighted by Gasteiger charge is -2.24. The molecule has 1 rings (SSSR count). The van der Waals surface area contributed by atoms with Crippen molar-refractivity contribution in [2.45, 2.75) is 32.0 Å². The summed E-state index contributed by atoms with van der Waals surface area (Å²) < 4.78 is 0. The van der Waals surface area contributed by atoms with Gasteiger partial charge in [0.05, 0.1) is 11.7 Å².